The number of hydrogen-bond donors (Lipinski definition) is 2. The van der Waals surface area contributed by atoms with Crippen molar-refractivity contribution in [2.45, 2.75) is 95.9 Å². The average Bonchev–Trinajstić information content (AvgIpc) is 2.65. The number of rotatable bonds is 7. The number of hydrogen-bond acceptors (Lipinski definition) is 3. The van der Waals surface area contributed by atoms with Crippen LogP contribution < -0.4 is 5.32 Å². The molecule has 0 spiro atoms. The highest BCUT2D eigenvalue weighted by atomic mass is 19.1. The topological polar surface area (TPSA) is 52.6 Å². The zero-order valence-electron chi connectivity index (χ0n) is 17.2. The molecular formula is C22H39FN2O2. The lowest BCUT2D eigenvalue weighted by molar-refractivity contribution is -0.139. The van der Waals surface area contributed by atoms with Crippen molar-refractivity contribution in [2.75, 3.05) is 13.6 Å². The summed E-state index contributed by atoms with van der Waals surface area (Å²) in [5.74, 6) is 2.02. The molecule has 5 heteroatoms. The van der Waals surface area contributed by atoms with Crippen molar-refractivity contribution in [1.82, 2.24) is 10.2 Å². The molecule has 5 unspecified atom stereocenters. The van der Waals surface area contributed by atoms with E-state index in [1.165, 1.54) is 38.5 Å². The molecule has 156 valence electrons. The third-order valence-electron chi connectivity index (χ3n) is 7.65. The molecule has 0 aromatic heterocycles. The van der Waals surface area contributed by atoms with Gasteiger partial charge in [0.25, 0.3) is 0 Å². The number of aliphatic carboxylic acids is 1. The lowest BCUT2D eigenvalue weighted by atomic mass is 9.62. The summed E-state index contributed by atoms with van der Waals surface area (Å²) in [4.78, 5) is 13.2. The highest BCUT2D eigenvalue weighted by molar-refractivity contribution is 5.69. The Morgan fingerprint density at radius 1 is 1.11 bits per heavy atom. The van der Waals surface area contributed by atoms with Crippen LogP contribution in [0.1, 0.15) is 77.6 Å². The molecular weight excluding hydrogens is 343 g/mol. The fraction of sp³-hybridized carbons (Fsp3) is 0.955. The van der Waals surface area contributed by atoms with Crippen molar-refractivity contribution < 1.29 is 14.3 Å². The minimum absolute atomic E-state index is 0.0815. The van der Waals surface area contributed by atoms with Gasteiger partial charge in [-0.2, -0.15) is 0 Å². The molecule has 4 nitrogen and oxygen atoms in total. The molecule has 0 radical (unpaired) electrons. The predicted octanol–water partition coefficient (Wildman–Crippen LogP) is 4.44. The largest absolute Gasteiger partial charge is 0.480 e. The number of carboxylic acid groups (broad SMARTS) is 1. The van der Waals surface area contributed by atoms with Crippen molar-refractivity contribution in [3.63, 3.8) is 0 Å². The molecule has 3 fully saturated rings. The third kappa shape index (κ3) is 5.44. The van der Waals surface area contributed by atoms with Gasteiger partial charge in [-0.15, -0.1) is 0 Å². The lowest BCUT2D eigenvalue weighted by Gasteiger charge is -2.52. The standard InChI is InChI=1S/C22H39FN2O2/c1-3-4-5-15-6-11-20-19(12-15)18(16-7-9-17(23)10-8-16)13-21(24-20)25(2)14-22(26)27/h15-21,24H,3-14H2,1-2H3,(H,26,27). The summed E-state index contributed by atoms with van der Waals surface area (Å²) in [5, 5.41) is 13.0. The number of nitrogens with zero attached hydrogens (tertiary/aromatic N) is 1. The summed E-state index contributed by atoms with van der Waals surface area (Å²) in [6.45, 7) is 2.35. The first kappa shape index (κ1) is 21.0. The highest BCUT2D eigenvalue weighted by Gasteiger charge is 2.45. The zero-order valence-corrected chi connectivity index (χ0v) is 17.2. The number of carbonyl (C=O) groups is 1. The lowest BCUT2D eigenvalue weighted by Crippen LogP contribution is -2.60. The Kier molecular flexibility index (Phi) is 7.55. The Morgan fingerprint density at radius 2 is 1.85 bits per heavy atom. The van der Waals surface area contributed by atoms with E-state index in [1.807, 2.05) is 11.9 Å². The molecule has 2 N–H and O–H groups in total. The van der Waals surface area contributed by atoms with Crippen LogP contribution in [0.15, 0.2) is 0 Å². The second-order valence-electron chi connectivity index (χ2n) is 9.49. The third-order valence-corrected chi connectivity index (χ3v) is 7.65. The van der Waals surface area contributed by atoms with Crippen LogP contribution in [0, 0.1) is 23.7 Å². The van der Waals surface area contributed by atoms with Gasteiger partial charge in [0.05, 0.1) is 12.7 Å². The Hall–Kier alpha value is -0.680. The smallest absolute Gasteiger partial charge is 0.317 e. The van der Waals surface area contributed by atoms with Crippen LogP contribution in [0.5, 0.6) is 0 Å². The van der Waals surface area contributed by atoms with Crippen molar-refractivity contribution in [3.8, 4) is 0 Å². The molecule has 0 bridgehead atoms. The van der Waals surface area contributed by atoms with Crippen LogP contribution in [-0.4, -0.2) is 47.9 Å². The van der Waals surface area contributed by atoms with Crippen molar-refractivity contribution in [1.29, 1.82) is 0 Å². The highest BCUT2D eigenvalue weighted by Crippen LogP contribution is 2.47. The number of nitrogens with one attached hydrogen (secondary N) is 1. The Balaban J connectivity index is 1.70. The van der Waals surface area contributed by atoms with Crippen LogP contribution in [0.4, 0.5) is 4.39 Å². The van der Waals surface area contributed by atoms with Crippen LogP contribution in [0.2, 0.25) is 0 Å². The summed E-state index contributed by atoms with van der Waals surface area (Å²) in [7, 11) is 1.93. The quantitative estimate of drug-likeness (QED) is 0.683. The number of unbranched alkanes of at least 4 members (excludes halogenated alkanes) is 1. The van der Waals surface area contributed by atoms with Crippen LogP contribution in [0.25, 0.3) is 0 Å². The Morgan fingerprint density at radius 3 is 2.52 bits per heavy atom. The van der Waals surface area contributed by atoms with Gasteiger partial charge in [-0.1, -0.05) is 26.2 Å². The number of alkyl halides is 1. The van der Waals surface area contributed by atoms with E-state index >= 15 is 0 Å². The van der Waals surface area contributed by atoms with E-state index in [1.54, 1.807) is 0 Å². The first-order chi connectivity index (χ1) is 13.0. The van der Waals surface area contributed by atoms with Crippen LogP contribution >= 0.6 is 0 Å². The van der Waals surface area contributed by atoms with Gasteiger partial charge in [0, 0.05) is 6.04 Å². The SMILES string of the molecule is CCCCC1CCC2NC(N(C)CC(=O)O)CC(C3CCC(F)CC3)C2C1. The van der Waals surface area contributed by atoms with Crippen LogP contribution in [-0.2, 0) is 4.79 Å². The summed E-state index contributed by atoms with van der Waals surface area (Å²) < 4.78 is 13.7. The molecule has 2 saturated carbocycles. The van der Waals surface area contributed by atoms with Gasteiger partial charge in [-0.3, -0.25) is 15.0 Å². The van der Waals surface area contributed by atoms with E-state index in [0.717, 1.165) is 38.0 Å². The number of fused-ring (bicyclic) bond motifs is 1. The van der Waals surface area contributed by atoms with E-state index in [2.05, 4.69) is 12.2 Å². The molecule has 0 amide bonds. The van der Waals surface area contributed by atoms with Gasteiger partial charge in [0.2, 0.25) is 0 Å². The molecule has 0 aromatic rings. The summed E-state index contributed by atoms with van der Waals surface area (Å²) in [6, 6.07) is 0.506. The molecule has 1 heterocycles. The molecule has 2 aliphatic carbocycles. The zero-order chi connectivity index (χ0) is 19.4. The minimum Gasteiger partial charge on any atom is -0.480 e. The maximum atomic E-state index is 13.7. The molecule has 3 aliphatic rings. The fourth-order valence-corrected chi connectivity index (χ4v) is 6.16. The second-order valence-corrected chi connectivity index (χ2v) is 9.49. The number of likely N-dealkylation sites (N-methyl/N-ethyl adjacent to an activating group) is 1. The number of piperidine rings is 1. The summed E-state index contributed by atoms with van der Waals surface area (Å²) in [6.07, 6.45) is 11.8. The Labute approximate surface area is 164 Å². The van der Waals surface area contributed by atoms with Gasteiger partial charge in [0.1, 0.15) is 6.17 Å². The number of halogens is 1. The molecule has 0 aromatic carbocycles. The first-order valence-electron chi connectivity index (χ1n) is 11.3. The maximum absolute atomic E-state index is 13.7. The molecule has 3 rings (SSSR count). The van der Waals surface area contributed by atoms with Gasteiger partial charge in [0.15, 0.2) is 0 Å². The summed E-state index contributed by atoms with van der Waals surface area (Å²) >= 11 is 0. The number of carboxylic acids is 1. The average molecular weight is 383 g/mol. The van der Waals surface area contributed by atoms with Crippen LogP contribution in [0.3, 0.4) is 0 Å². The first-order valence-corrected chi connectivity index (χ1v) is 11.3. The van der Waals surface area contributed by atoms with E-state index in [4.69, 9.17) is 0 Å². The van der Waals surface area contributed by atoms with Crippen molar-refractivity contribution in [3.05, 3.63) is 0 Å². The molecule has 27 heavy (non-hydrogen) atoms. The van der Waals surface area contributed by atoms with E-state index in [-0.39, 0.29) is 12.7 Å². The van der Waals surface area contributed by atoms with E-state index in [9.17, 15) is 14.3 Å². The van der Waals surface area contributed by atoms with E-state index < -0.39 is 12.1 Å². The predicted molar refractivity (Wildman–Crippen MR) is 106 cm³/mol. The van der Waals surface area contributed by atoms with Gasteiger partial charge >= 0.3 is 5.97 Å². The normalized spacial score (nSPS) is 39.9. The van der Waals surface area contributed by atoms with Gasteiger partial charge in [-0.05, 0) is 82.1 Å². The van der Waals surface area contributed by atoms with Gasteiger partial charge < -0.3 is 5.11 Å². The van der Waals surface area contributed by atoms with Crippen molar-refractivity contribution >= 4 is 5.97 Å². The fourth-order valence-electron chi connectivity index (χ4n) is 6.16. The Bertz CT molecular complexity index is 481. The second kappa shape index (κ2) is 9.69. The van der Waals surface area contributed by atoms with Gasteiger partial charge in [-0.25, -0.2) is 4.39 Å². The van der Waals surface area contributed by atoms with E-state index in [0.29, 0.717) is 23.8 Å². The molecule has 5 atom stereocenters. The maximum Gasteiger partial charge on any atom is 0.317 e. The monoisotopic (exact) mass is 382 g/mol. The van der Waals surface area contributed by atoms with Crippen molar-refractivity contribution in [2.24, 2.45) is 23.7 Å². The molecule has 1 aliphatic heterocycles. The summed E-state index contributed by atoms with van der Waals surface area (Å²) in [5.41, 5.74) is 0. The molecule has 1 saturated heterocycles. The minimum atomic E-state index is -0.765.